The van der Waals surface area contributed by atoms with Gasteiger partial charge in [-0.3, -0.25) is 0 Å². The van der Waals surface area contributed by atoms with Gasteiger partial charge in [-0.1, -0.05) is 63.9 Å². The molecule has 0 amide bonds. The number of para-hydroxylation sites is 2. The fourth-order valence-corrected chi connectivity index (χ4v) is 3.52. The second kappa shape index (κ2) is 10.1. The Hall–Kier alpha value is -3.69. The first-order valence-electron chi connectivity index (χ1n) is 9.44. The molecule has 8 nitrogen and oxygen atoms in total. The molecule has 0 aliphatic heterocycles. The van der Waals surface area contributed by atoms with Crippen molar-refractivity contribution in [3.8, 4) is 5.75 Å². The Morgan fingerprint density at radius 3 is 1.91 bits per heavy atom. The zero-order valence-electron chi connectivity index (χ0n) is 16.5. The largest absolute Gasteiger partial charge is 0.506 e. The molecule has 0 radical (unpaired) electrons. The third-order valence-corrected chi connectivity index (χ3v) is 4.87. The molecule has 0 unspecified atom stereocenters. The number of halogens is 2. The van der Waals surface area contributed by atoms with E-state index in [1.54, 1.807) is 12.1 Å². The molecular weight excluding hydrogens is 494 g/mol. The molecule has 0 aliphatic carbocycles. The van der Waals surface area contributed by atoms with Crippen molar-refractivity contribution in [1.82, 2.24) is 15.0 Å². The molecule has 1 aromatic heterocycles. The van der Waals surface area contributed by atoms with Crippen LogP contribution in [0.5, 0.6) is 5.75 Å². The molecule has 0 atom stereocenters. The normalized spacial score (nSPS) is 10.8. The predicted molar refractivity (Wildman–Crippen MR) is 131 cm³/mol. The predicted octanol–water partition coefficient (Wildman–Crippen LogP) is 5.93. The second-order valence-electron chi connectivity index (χ2n) is 6.48. The van der Waals surface area contributed by atoms with Gasteiger partial charge in [0.25, 0.3) is 0 Å². The van der Waals surface area contributed by atoms with Crippen LogP contribution in [0.15, 0.2) is 82.4 Å². The maximum Gasteiger partial charge on any atom is 0.250 e. The van der Waals surface area contributed by atoms with Crippen molar-refractivity contribution in [3.63, 3.8) is 0 Å². The molecular formula is C22H17BrClN7O. The minimum absolute atomic E-state index is 0.0751. The molecule has 160 valence electrons. The summed E-state index contributed by atoms with van der Waals surface area (Å²) in [4.78, 5) is 13.2. The lowest BCUT2D eigenvalue weighted by atomic mass is 10.2. The summed E-state index contributed by atoms with van der Waals surface area (Å²) >= 11 is 9.34. The van der Waals surface area contributed by atoms with Crippen LogP contribution in [-0.4, -0.2) is 26.3 Å². The average molecular weight is 511 g/mol. The van der Waals surface area contributed by atoms with Crippen LogP contribution >= 0.6 is 27.5 Å². The van der Waals surface area contributed by atoms with Gasteiger partial charge in [-0.15, -0.1) is 0 Å². The Kier molecular flexibility index (Phi) is 6.78. The fraction of sp³-hybridized carbons (Fsp3) is 0. The first-order valence-corrected chi connectivity index (χ1v) is 10.6. The Labute approximate surface area is 197 Å². The third kappa shape index (κ3) is 5.71. The van der Waals surface area contributed by atoms with Gasteiger partial charge in [0, 0.05) is 21.4 Å². The lowest BCUT2D eigenvalue weighted by Gasteiger charge is -2.10. The van der Waals surface area contributed by atoms with Crippen LogP contribution in [0.4, 0.5) is 29.2 Å². The number of hydrazone groups is 1. The van der Waals surface area contributed by atoms with Crippen LogP contribution < -0.4 is 16.1 Å². The monoisotopic (exact) mass is 509 g/mol. The maximum atomic E-state index is 10.1. The van der Waals surface area contributed by atoms with Crippen LogP contribution in [0.1, 0.15) is 5.56 Å². The van der Waals surface area contributed by atoms with Gasteiger partial charge in [0.05, 0.1) is 11.2 Å². The van der Waals surface area contributed by atoms with Gasteiger partial charge < -0.3 is 15.7 Å². The number of phenolic OH excluding ortho intramolecular Hbond substituents is 1. The molecule has 4 aromatic rings. The number of rotatable bonds is 7. The van der Waals surface area contributed by atoms with Crippen molar-refractivity contribution in [1.29, 1.82) is 0 Å². The van der Waals surface area contributed by atoms with Gasteiger partial charge in [0.1, 0.15) is 5.75 Å². The van der Waals surface area contributed by atoms with Crippen molar-refractivity contribution in [2.24, 2.45) is 5.10 Å². The summed E-state index contributed by atoms with van der Waals surface area (Å²) in [5, 5.41) is 20.7. The van der Waals surface area contributed by atoms with Gasteiger partial charge in [0.15, 0.2) is 0 Å². The topological polar surface area (TPSA) is 107 Å². The number of benzene rings is 3. The van der Waals surface area contributed by atoms with Crippen LogP contribution in [0.2, 0.25) is 5.02 Å². The van der Waals surface area contributed by atoms with Gasteiger partial charge >= 0.3 is 0 Å². The molecule has 0 saturated carbocycles. The molecule has 0 bridgehead atoms. The number of hydrogen-bond acceptors (Lipinski definition) is 8. The summed E-state index contributed by atoms with van der Waals surface area (Å²) in [5.74, 6) is 0.786. The first kappa shape index (κ1) is 21.5. The number of nitrogens with zero attached hydrogens (tertiary/aromatic N) is 4. The Balaban J connectivity index is 1.59. The number of aromatic nitrogens is 3. The third-order valence-electron chi connectivity index (χ3n) is 4.12. The fourth-order valence-electron chi connectivity index (χ4n) is 2.68. The van der Waals surface area contributed by atoms with E-state index in [4.69, 9.17) is 11.6 Å². The van der Waals surface area contributed by atoms with Crippen molar-refractivity contribution in [3.05, 3.63) is 87.9 Å². The molecule has 1 heterocycles. The first-order chi connectivity index (χ1) is 15.6. The number of aromatic hydroxyl groups is 1. The van der Waals surface area contributed by atoms with Gasteiger partial charge in [-0.25, -0.2) is 5.43 Å². The van der Waals surface area contributed by atoms with Gasteiger partial charge in [-0.2, -0.15) is 20.1 Å². The van der Waals surface area contributed by atoms with E-state index in [-0.39, 0.29) is 16.7 Å². The van der Waals surface area contributed by atoms with E-state index in [0.29, 0.717) is 21.9 Å². The zero-order chi connectivity index (χ0) is 22.3. The van der Waals surface area contributed by atoms with E-state index >= 15 is 0 Å². The van der Waals surface area contributed by atoms with Crippen LogP contribution in [-0.2, 0) is 0 Å². The molecule has 10 heteroatoms. The molecule has 4 rings (SSSR count). The number of phenols is 1. The zero-order valence-corrected chi connectivity index (χ0v) is 18.8. The van der Waals surface area contributed by atoms with E-state index in [1.807, 2.05) is 60.7 Å². The van der Waals surface area contributed by atoms with E-state index in [9.17, 15) is 5.11 Å². The van der Waals surface area contributed by atoms with Crippen LogP contribution in [0.25, 0.3) is 0 Å². The average Bonchev–Trinajstić information content (AvgIpc) is 2.78. The number of anilines is 5. The smallest absolute Gasteiger partial charge is 0.250 e. The lowest BCUT2D eigenvalue weighted by molar-refractivity contribution is 0.474. The molecule has 3 aromatic carbocycles. The molecule has 4 N–H and O–H groups in total. The van der Waals surface area contributed by atoms with Crippen molar-refractivity contribution >= 4 is 63.0 Å². The molecule has 0 fully saturated rings. The van der Waals surface area contributed by atoms with E-state index in [2.05, 4.69) is 52.0 Å². The summed E-state index contributed by atoms with van der Waals surface area (Å²) in [6.45, 7) is 0. The number of nitrogens with one attached hydrogen (secondary N) is 3. The standard InChI is InChI=1S/C22H17BrClN7O/c23-15-11-14(19(32)18(24)12-15)13-25-31-22-29-20(26-16-7-3-1-4-8-16)28-21(30-22)27-17-9-5-2-6-10-17/h1-13,32H,(H3,26,27,28,29,30,31)/b25-13+. The minimum atomic E-state index is -0.0751. The summed E-state index contributed by atoms with van der Waals surface area (Å²) in [6.07, 6.45) is 1.42. The molecule has 0 aliphatic rings. The van der Waals surface area contributed by atoms with Gasteiger partial charge in [-0.05, 0) is 36.4 Å². The summed E-state index contributed by atoms with van der Waals surface area (Å²) in [6, 6.07) is 22.4. The van der Waals surface area contributed by atoms with E-state index in [0.717, 1.165) is 11.4 Å². The van der Waals surface area contributed by atoms with Crippen molar-refractivity contribution in [2.45, 2.75) is 0 Å². The highest BCUT2D eigenvalue weighted by Gasteiger charge is 2.09. The Morgan fingerprint density at radius 2 is 1.34 bits per heavy atom. The molecule has 0 saturated heterocycles. The quantitative estimate of drug-likeness (QED) is 0.180. The maximum absolute atomic E-state index is 10.1. The van der Waals surface area contributed by atoms with E-state index < -0.39 is 0 Å². The summed E-state index contributed by atoms with van der Waals surface area (Å²) < 4.78 is 0.714. The minimum Gasteiger partial charge on any atom is -0.506 e. The summed E-state index contributed by atoms with van der Waals surface area (Å²) in [5.41, 5.74) is 4.85. The highest BCUT2D eigenvalue weighted by atomic mass is 79.9. The highest BCUT2D eigenvalue weighted by molar-refractivity contribution is 9.10. The van der Waals surface area contributed by atoms with Gasteiger partial charge in [0.2, 0.25) is 17.8 Å². The number of hydrogen-bond donors (Lipinski definition) is 4. The van der Waals surface area contributed by atoms with Crippen LogP contribution in [0, 0.1) is 0 Å². The second-order valence-corrected chi connectivity index (χ2v) is 7.81. The van der Waals surface area contributed by atoms with Crippen LogP contribution in [0.3, 0.4) is 0 Å². The summed E-state index contributed by atoms with van der Waals surface area (Å²) in [7, 11) is 0. The van der Waals surface area contributed by atoms with E-state index in [1.165, 1.54) is 6.21 Å². The molecule has 32 heavy (non-hydrogen) atoms. The highest BCUT2D eigenvalue weighted by Crippen LogP contribution is 2.30. The molecule has 0 spiro atoms. The Bertz CT molecular complexity index is 1180. The van der Waals surface area contributed by atoms with Crippen molar-refractivity contribution in [2.75, 3.05) is 16.1 Å². The lowest BCUT2D eigenvalue weighted by Crippen LogP contribution is -2.07. The van der Waals surface area contributed by atoms with Crippen molar-refractivity contribution < 1.29 is 5.11 Å². The Morgan fingerprint density at radius 1 is 0.812 bits per heavy atom. The SMILES string of the molecule is Oc1c(Cl)cc(Br)cc1/C=N/Nc1nc(Nc2ccccc2)nc(Nc2ccccc2)n1.